The number of carboxylic acids is 1. The summed E-state index contributed by atoms with van der Waals surface area (Å²) in [4.78, 5) is 22.8. The lowest BCUT2D eigenvalue weighted by Gasteiger charge is -2.15. The zero-order valence-electron chi connectivity index (χ0n) is 11.5. The number of amides is 1. The van der Waals surface area contributed by atoms with Gasteiger partial charge < -0.3 is 20.3 Å². The molecule has 6 nitrogen and oxygen atoms in total. The van der Waals surface area contributed by atoms with E-state index in [-0.39, 0.29) is 5.56 Å². The maximum Gasteiger partial charge on any atom is 0.328 e. The SMILES string of the molecule is CC(C)COc1ccccc1C(=O)N[C@@H](CO)C(=O)O. The van der Waals surface area contributed by atoms with Gasteiger partial charge in [-0.05, 0) is 18.1 Å². The highest BCUT2D eigenvalue weighted by molar-refractivity contribution is 5.98. The summed E-state index contributed by atoms with van der Waals surface area (Å²) in [5.41, 5.74) is 0.243. The Morgan fingerprint density at radius 2 is 1.95 bits per heavy atom. The predicted octanol–water partition coefficient (Wildman–Crippen LogP) is 0.897. The predicted molar refractivity (Wildman–Crippen MR) is 72.8 cm³/mol. The average Bonchev–Trinajstić information content (AvgIpc) is 2.42. The number of carbonyl (C=O) groups excluding carboxylic acids is 1. The van der Waals surface area contributed by atoms with Crippen LogP contribution in [0.1, 0.15) is 24.2 Å². The van der Waals surface area contributed by atoms with Crippen molar-refractivity contribution in [3.8, 4) is 5.75 Å². The van der Waals surface area contributed by atoms with Gasteiger partial charge in [0.25, 0.3) is 5.91 Å². The van der Waals surface area contributed by atoms with Gasteiger partial charge in [0, 0.05) is 0 Å². The molecule has 1 amide bonds. The quantitative estimate of drug-likeness (QED) is 0.690. The van der Waals surface area contributed by atoms with E-state index < -0.39 is 24.5 Å². The largest absolute Gasteiger partial charge is 0.492 e. The first-order valence-corrected chi connectivity index (χ1v) is 6.32. The van der Waals surface area contributed by atoms with Gasteiger partial charge in [-0.3, -0.25) is 4.79 Å². The first-order chi connectivity index (χ1) is 9.45. The molecule has 1 rings (SSSR count). The number of aliphatic carboxylic acids is 1. The molecular weight excluding hydrogens is 262 g/mol. The molecule has 0 unspecified atom stereocenters. The summed E-state index contributed by atoms with van der Waals surface area (Å²) in [5.74, 6) is -1.19. The average molecular weight is 281 g/mol. The minimum Gasteiger partial charge on any atom is -0.492 e. The molecule has 1 aromatic carbocycles. The number of hydrogen-bond acceptors (Lipinski definition) is 4. The Labute approximate surface area is 117 Å². The smallest absolute Gasteiger partial charge is 0.328 e. The van der Waals surface area contributed by atoms with Gasteiger partial charge in [-0.15, -0.1) is 0 Å². The standard InChI is InChI=1S/C14H19NO5/c1-9(2)8-20-12-6-4-3-5-10(12)13(17)15-11(7-16)14(18)19/h3-6,9,11,16H,7-8H2,1-2H3,(H,15,17)(H,18,19)/t11-/m0/s1. The molecule has 6 heteroatoms. The number of ether oxygens (including phenoxy) is 1. The second-order valence-electron chi connectivity index (χ2n) is 4.75. The summed E-state index contributed by atoms with van der Waals surface area (Å²) in [5, 5.41) is 20.0. The first kappa shape index (κ1) is 16.0. The number of aliphatic hydroxyl groups is 1. The Morgan fingerprint density at radius 1 is 1.30 bits per heavy atom. The lowest BCUT2D eigenvalue weighted by atomic mass is 10.1. The van der Waals surface area contributed by atoms with Crippen molar-refractivity contribution in [2.75, 3.05) is 13.2 Å². The molecular formula is C14H19NO5. The van der Waals surface area contributed by atoms with Gasteiger partial charge in [-0.1, -0.05) is 26.0 Å². The molecule has 0 aliphatic heterocycles. The van der Waals surface area contributed by atoms with Crippen LogP contribution in [0.3, 0.4) is 0 Å². The maximum atomic E-state index is 12.0. The molecule has 0 saturated heterocycles. The van der Waals surface area contributed by atoms with E-state index in [1.54, 1.807) is 24.3 Å². The van der Waals surface area contributed by atoms with Crippen LogP contribution in [0.5, 0.6) is 5.75 Å². The Kier molecular flexibility index (Phi) is 5.99. The monoisotopic (exact) mass is 281 g/mol. The summed E-state index contributed by atoms with van der Waals surface area (Å²) >= 11 is 0. The fourth-order valence-corrected chi connectivity index (χ4v) is 1.46. The van der Waals surface area contributed by atoms with Gasteiger partial charge in [-0.2, -0.15) is 0 Å². The van der Waals surface area contributed by atoms with Crippen LogP contribution in [0.4, 0.5) is 0 Å². The van der Waals surface area contributed by atoms with Crippen molar-refractivity contribution in [1.82, 2.24) is 5.32 Å². The number of carboxylic acid groups (broad SMARTS) is 1. The van der Waals surface area contributed by atoms with Gasteiger partial charge in [0.1, 0.15) is 5.75 Å². The van der Waals surface area contributed by atoms with Gasteiger partial charge in [0.15, 0.2) is 6.04 Å². The number of nitrogens with one attached hydrogen (secondary N) is 1. The number of hydrogen-bond donors (Lipinski definition) is 3. The van der Waals surface area contributed by atoms with Crippen LogP contribution >= 0.6 is 0 Å². The fraction of sp³-hybridized carbons (Fsp3) is 0.429. The molecule has 0 saturated carbocycles. The van der Waals surface area contributed by atoms with Crippen molar-refractivity contribution in [3.63, 3.8) is 0 Å². The van der Waals surface area contributed by atoms with Crippen molar-refractivity contribution in [2.24, 2.45) is 5.92 Å². The minimum absolute atomic E-state index is 0.243. The minimum atomic E-state index is -1.33. The van der Waals surface area contributed by atoms with E-state index in [2.05, 4.69) is 5.32 Å². The van der Waals surface area contributed by atoms with Gasteiger partial charge in [0.05, 0.1) is 18.8 Å². The van der Waals surface area contributed by atoms with Crippen LogP contribution in [-0.2, 0) is 4.79 Å². The second-order valence-corrected chi connectivity index (χ2v) is 4.75. The van der Waals surface area contributed by atoms with Crippen LogP contribution in [0.15, 0.2) is 24.3 Å². The third-order valence-corrected chi connectivity index (χ3v) is 2.49. The Hall–Kier alpha value is -2.08. The van der Waals surface area contributed by atoms with Gasteiger partial charge >= 0.3 is 5.97 Å². The van der Waals surface area contributed by atoms with E-state index in [4.69, 9.17) is 14.9 Å². The molecule has 1 aromatic rings. The van der Waals surface area contributed by atoms with E-state index in [9.17, 15) is 9.59 Å². The first-order valence-electron chi connectivity index (χ1n) is 6.32. The zero-order valence-corrected chi connectivity index (χ0v) is 11.5. The number of carbonyl (C=O) groups is 2. The number of aliphatic hydroxyl groups excluding tert-OH is 1. The molecule has 0 aliphatic carbocycles. The van der Waals surface area contributed by atoms with Gasteiger partial charge in [-0.25, -0.2) is 4.79 Å². The van der Waals surface area contributed by atoms with Crippen LogP contribution in [-0.4, -0.2) is 41.3 Å². The molecule has 0 radical (unpaired) electrons. The highest BCUT2D eigenvalue weighted by atomic mass is 16.5. The van der Waals surface area contributed by atoms with Crippen LogP contribution < -0.4 is 10.1 Å². The summed E-state index contributed by atoms with van der Waals surface area (Å²) in [6.45, 7) is 3.74. The Morgan fingerprint density at radius 3 is 2.50 bits per heavy atom. The third-order valence-electron chi connectivity index (χ3n) is 2.49. The lowest BCUT2D eigenvalue weighted by molar-refractivity contribution is -0.140. The van der Waals surface area contributed by atoms with Crippen LogP contribution in [0.2, 0.25) is 0 Å². The van der Waals surface area contributed by atoms with E-state index in [1.165, 1.54) is 0 Å². The van der Waals surface area contributed by atoms with Crippen molar-refractivity contribution in [1.29, 1.82) is 0 Å². The van der Waals surface area contributed by atoms with Crippen LogP contribution in [0, 0.1) is 5.92 Å². The highest BCUT2D eigenvalue weighted by Gasteiger charge is 2.21. The summed E-state index contributed by atoms with van der Waals surface area (Å²) in [6.07, 6.45) is 0. The normalized spacial score (nSPS) is 12.0. The van der Waals surface area contributed by atoms with E-state index in [0.29, 0.717) is 18.3 Å². The lowest BCUT2D eigenvalue weighted by Crippen LogP contribution is -2.43. The zero-order chi connectivity index (χ0) is 15.1. The molecule has 0 spiro atoms. The number of para-hydroxylation sites is 1. The second kappa shape index (κ2) is 7.49. The molecule has 1 atom stereocenters. The van der Waals surface area contributed by atoms with E-state index in [0.717, 1.165) is 0 Å². The molecule has 0 fully saturated rings. The molecule has 0 aliphatic rings. The third kappa shape index (κ3) is 4.55. The van der Waals surface area contributed by atoms with Crippen molar-refractivity contribution < 1.29 is 24.5 Å². The van der Waals surface area contributed by atoms with E-state index >= 15 is 0 Å². The summed E-state index contributed by atoms with van der Waals surface area (Å²) < 4.78 is 5.52. The number of rotatable bonds is 7. The molecule has 20 heavy (non-hydrogen) atoms. The molecule has 0 bridgehead atoms. The Balaban J connectivity index is 2.84. The van der Waals surface area contributed by atoms with Crippen molar-refractivity contribution in [2.45, 2.75) is 19.9 Å². The Bertz CT molecular complexity index is 472. The topological polar surface area (TPSA) is 95.9 Å². The molecule has 110 valence electrons. The van der Waals surface area contributed by atoms with Gasteiger partial charge in [0.2, 0.25) is 0 Å². The molecule has 3 N–H and O–H groups in total. The fourth-order valence-electron chi connectivity index (χ4n) is 1.46. The summed E-state index contributed by atoms with van der Waals surface area (Å²) in [6, 6.07) is 5.24. The molecule has 0 aromatic heterocycles. The van der Waals surface area contributed by atoms with Crippen molar-refractivity contribution in [3.05, 3.63) is 29.8 Å². The highest BCUT2D eigenvalue weighted by Crippen LogP contribution is 2.18. The maximum absolute atomic E-state index is 12.0. The summed E-state index contributed by atoms with van der Waals surface area (Å²) in [7, 11) is 0. The van der Waals surface area contributed by atoms with Crippen molar-refractivity contribution >= 4 is 11.9 Å². The van der Waals surface area contributed by atoms with E-state index in [1.807, 2.05) is 13.8 Å². The van der Waals surface area contributed by atoms with Crippen LogP contribution in [0.25, 0.3) is 0 Å². The number of benzene rings is 1. The molecule has 0 heterocycles.